The molecule has 1 atom stereocenters. The lowest BCUT2D eigenvalue weighted by Crippen LogP contribution is -2.20. The molecule has 1 unspecified atom stereocenters. The molecule has 0 saturated heterocycles. The molecule has 3 heteroatoms. The summed E-state index contributed by atoms with van der Waals surface area (Å²) in [6, 6.07) is 7.80. The Morgan fingerprint density at radius 1 is 1.17 bits per heavy atom. The average molecular weight is 244 g/mol. The van der Waals surface area contributed by atoms with E-state index in [2.05, 4.69) is 28.5 Å². The highest BCUT2D eigenvalue weighted by Gasteiger charge is 2.17. The molecular weight excluding hydrogens is 227 g/mol. The predicted octanol–water partition coefficient (Wildman–Crippen LogP) is 3.15. The van der Waals surface area contributed by atoms with Crippen molar-refractivity contribution in [3.05, 3.63) is 64.7 Å². The minimum absolute atomic E-state index is 0.145. The van der Waals surface area contributed by atoms with Crippen molar-refractivity contribution < 1.29 is 4.39 Å². The lowest BCUT2D eigenvalue weighted by Gasteiger charge is -2.20. The number of benzene rings is 1. The van der Waals surface area contributed by atoms with E-state index in [0.717, 1.165) is 11.1 Å². The maximum Gasteiger partial charge on any atom is 0.146 e. The first-order chi connectivity index (χ1) is 8.63. The third-order valence-electron chi connectivity index (χ3n) is 3.15. The molecule has 94 valence electrons. The molecular formula is C15H17FN2. The molecule has 0 radical (unpaired) electrons. The van der Waals surface area contributed by atoms with Crippen LogP contribution < -0.4 is 5.32 Å². The second-order valence-corrected chi connectivity index (χ2v) is 4.48. The van der Waals surface area contributed by atoms with Crippen molar-refractivity contribution >= 4 is 0 Å². The molecule has 0 bridgehead atoms. The first-order valence-electron chi connectivity index (χ1n) is 5.97. The van der Waals surface area contributed by atoms with Gasteiger partial charge >= 0.3 is 0 Å². The predicted molar refractivity (Wildman–Crippen MR) is 71.0 cm³/mol. The van der Waals surface area contributed by atoms with Crippen molar-refractivity contribution in [2.24, 2.45) is 0 Å². The summed E-state index contributed by atoms with van der Waals surface area (Å²) in [6.45, 7) is 4.08. The van der Waals surface area contributed by atoms with Crippen molar-refractivity contribution in [2.45, 2.75) is 19.9 Å². The maximum absolute atomic E-state index is 13.8. The lowest BCUT2D eigenvalue weighted by atomic mass is 9.94. The van der Waals surface area contributed by atoms with Gasteiger partial charge in [0, 0.05) is 11.8 Å². The molecule has 18 heavy (non-hydrogen) atoms. The van der Waals surface area contributed by atoms with Crippen molar-refractivity contribution in [1.29, 1.82) is 0 Å². The van der Waals surface area contributed by atoms with E-state index in [4.69, 9.17) is 0 Å². The van der Waals surface area contributed by atoms with Crippen molar-refractivity contribution in [3.8, 4) is 0 Å². The van der Waals surface area contributed by atoms with E-state index in [1.165, 1.54) is 11.8 Å². The molecule has 0 saturated carbocycles. The Morgan fingerprint density at radius 2 is 1.94 bits per heavy atom. The van der Waals surface area contributed by atoms with Crippen LogP contribution in [0.4, 0.5) is 4.39 Å². The Labute approximate surface area is 107 Å². The third-order valence-corrected chi connectivity index (χ3v) is 3.15. The van der Waals surface area contributed by atoms with Crippen LogP contribution in [0.3, 0.4) is 0 Å². The first-order valence-corrected chi connectivity index (χ1v) is 5.97. The summed E-state index contributed by atoms with van der Waals surface area (Å²) in [6.07, 6.45) is 2.87. The SMILES string of the molecule is CNC(c1cc(C)ccc1C)c1ccncc1F. The quantitative estimate of drug-likeness (QED) is 0.897. The van der Waals surface area contributed by atoms with E-state index in [0.29, 0.717) is 5.56 Å². The van der Waals surface area contributed by atoms with Gasteiger partial charge in [-0.15, -0.1) is 0 Å². The Hall–Kier alpha value is -1.74. The zero-order valence-electron chi connectivity index (χ0n) is 10.9. The minimum Gasteiger partial charge on any atom is -0.309 e. The highest BCUT2D eigenvalue weighted by atomic mass is 19.1. The number of halogens is 1. The van der Waals surface area contributed by atoms with Crippen LogP contribution >= 0.6 is 0 Å². The molecule has 0 fully saturated rings. The van der Waals surface area contributed by atoms with Crippen molar-refractivity contribution in [2.75, 3.05) is 7.05 Å². The van der Waals surface area contributed by atoms with Gasteiger partial charge in [0.2, 0.25) is 0 Å². The monoisotopic (exact) mass is 244 g/mol. The molecule has 1 aromatic heterocycles. The topological polar surface area (TPSA) is 24.9 Å². The van der Waals surface area contributed by atoms with Gasteiger partial charge in [-0.25, -0.2) is 4.39 Å². The zero-order chi connectivity index (χ0) is 13.1. The summed E-state index contributed by atoms with van der Waals surface area (Å²) in [5, 5.41) is 3.18. The zero-order valence-corrected chi connectivity index (χ0v) is 10.9. The summed E-state index contributed by atoms with van der Waals surface area (Å²) in [4.78, 5) is 3.79. The number of pyridine rings is 1. The van der Waals surface area contributed by atoms with E-state index in [-0.39, 0.29) is 11.9 Å². The molecule has 0 amide bonds. The fourth-order valence-electron chi connectivity index (χ4n) is 2.17. The summed E-state index contributed by atoms with van der Waals surface area (Å²) >= 11 is 0. The van der Waals surface area contributed by atoms with Gasteiger partial charge in [-0.05, 0) is 38.1 Å². The maximum atomic E-state index is 13.8. The van der Waals surface area contributed by atoms with E-state index >= 15 is 0 Å². The van der Waals surface area contributed by atoms with Crippen LogP contribution in [-0.4, -0.2) is 12.0 Å². The minimum atomic E-state index is -0.280. The number of hydrogen-bond donors (Lipinski definition) is 1. The smallest absolute Gasteiger partial charge is 0.146 e. The first kappa shape index (κ1) is 12.7. The lowest BCUT2D eigenvalue weighted by molar-refractivity contribution is 0.569. The van der Waals surface area contributed by atoms with Crippen LogP contribution in [-0.2, 0) is 0 Å². The Kier molecular flexibility index (Phi) is 3.72. The van der Waals surface area contributed by atoms with Crippen LogP contribution in [0.5, 0.6) is 0 Å². The average Bonchev–Trinajstić information content (AvgIpc) is 2.36. The van der Waals surface area contributed by atoms with Gasteiger partial charge in [-0.1, -0.05) is 23.8 Å². The highest BCUT2D eigenvalue weighted by molar-refractivity contribution is 5.39. The van der Waals surface area contributed by atoms with Crippen LogP contribution in [0.25, 0.3) is 0 Å². The molecule has 0 spiro atoms. The Balaban J connectivity index is 2.52. The number of rotatable bonds is 3. The molecule has 0 aliphatic carbocycles. The molecule has 0 aliphatic rings. The largest absolute Gasteiger partial charge is 0.309 e. The van der Waals surface area contributed by atoms with Gasteiger partial charge in [-0.3, -0.25) is 4.98 Å². The van der Waals surface area contributed by atoms with Gasteiger partial charge in [0.05, 0.1) is 12.2 Å². The van der Waals surface area contributed by atoms with Crippen LogP contribution in [0.2, 0.25) is 0 Å². The molecule has 1 heterocycles. The van der Waals surface area contributed by atoms with E-state index in [1.807, 2.05) is 20.9 Å². The normalized spacial score (nSPS) is 12.4. The highest BCUT2D eigenvalue weighted by Crippen LogP contribution is 2.26. The Bertz CT molecular complexity index is 552. The summed E-state index contributed by atoms with van der Waals surface area (Å²) in [7, 11) is 1.84. The molecule has 0 aliphatic heterocycles. The van der Waals surface area contributed by atoms with E-state index in [1.54, 1.807) is 12.3 Å². The van der Waals surface area contributed by atoms with Gasteiger partial charge in [0.1, 0.15) is 5.82 Å². The van der Waals surface area contributed by atoms with E-state index in [9.17, 15) is 4.39 Å². The van der Waals surface area contributed by atoms with Gasteiger partial charge in [0.25, 0.3) is 0 Å². The molecule has 2 aromatic rings. The fraction of sp³-hybridized carbons (Fsp3) is 0.267. The number of aryl methyl sites for hydroxylation is 2. The van der Waals surface area contributed by atoms with Crippen LogP contribution in [0.15, 0.2) is 36.7 Å². The van der Waals surface area contributed by atoms with Crippen LogP contribution in [0, 0.1) is 19.7 Å². The second kappa shape index (κ2) is 5.27. The Morgan fingerprint density at radius 3 is 2.61 bits per heavy atom. The molecule has 2 nitrogen and oxygen atoms in total. The second-order valence-electron chi connectivity index (χ2n) is 4.48. The summed E-state index contributed by atoms with van der Waals surface area (Å²) in [5.74, 6) is -0.280. The number of aromatic nitrogens is 1. The van der Waals surface area contributed by atoms with Crippen molar-refractivity contribution in [1.82, 2.24) is 10.3 Å². The summed E-state index contributed by atoms with van der Waals surface area (Å²) in [5.41, 5.74) is 4.05. The molecule has 1 aromatic carbocycles. The van der Waals surface area contributed by atoms with Gasteiger partial charge in [0.15, 0.2) is 0 Å². The van der Waals surface area contributed by atoms with Gasteiger partial charge < -0.3 is 5.32 Å². The van der Waals surface area contributed by atoms with Gasteiger partial charge in [-0.2, -0.15) is 0 Å². The number of nitrogens with one attached hydrogen (secondary N) is 1. The molecule has 2 rings (SSSR count). The standard InChI is InChI=1S/C15H17FN2/c1-10-4-5-11(2)13(8-10)15(17-3)12-6-7-18-9-14(12)16/h4-9,15,17H,1-3H3. The van der Waals surface area contributed by atoms with Crippen LogP contribution in [0.1, 0.15) is 28.3 Å². The van der Waals surface area contributed by atoms with Crippen molar-refractivity contribution in [3.63, 3.8) is 0 Å². The number of hydrogen-bond acceptors (Lipinski definition) is 2. The molecule has 1 N–H and O–H groups in total. The fourth-order valence-corrected chi connectivity index (χ4v) is 2.17. The third kappa shape index (κ3) is 2.41. The summed E-state index contributed by atoms with van der Waals surface area (Å²) < 4.78 is 13.8. The van der Waals surface area contributed by atoms with E-state index < -0.39 is 0 Å². The number of nitrogens with zero attached hydrogens (tertiary/aromatic N) is 1.